The van der Waals surface area contributed by atoms with Gasteiger partial charge in [-0.15, -0.1) is 0 Å². The van der Waals surface area contributed by atoms with Gasteiger partial charge in [0.1, 0.15) is 11.6 Å². The number of hydrogen-bond donors (Lipinski definition) is 0. The fourth-order valence-electron chi connectivity index (χ4n) is 3.23. The molecule has 0 aliphatic rings. The molecule has 0 bridgehead atoms. The molecule has 2 aromatic carbocycles. The Kier molecular flexibility index (Phi) is 5.48. The number of carbonyl (C=O) groups excluding carboxylic acids is 1. The van der Waals surface area contributed by atoms with Crippen LogP contribution in [0, 0.1) is 0 Å². The van der Waals surface area contributed by atoms with Crippen LogP contribution in [0.2, 0.25) is 0 Å². The molecule has 0 fully saturated rings. The highest BCUT2D eigenvalue weighted by Gasteiger charge is 2.17. The average Bonchev–Trinajstić information content (AvgIpc) is 2.82. The first-order chi connectivity index (χ1) is 14.7. The molecule has 4 aromatic rings. The molecular formula is C24H20N4O2. The van der Waals surface area contributed by atoms with Gasteiger partial charge >= 0.3 is 5.97 Å². The van der Waals surface area contributed by atoms with E-state index in [2.05, 4.69) is 32.9 Å². The Balaban J connectivity index is 1.96. The van der Waals surface area contributed by atoms with Crippen molar-refractivity contribution in [2.75, 3.05) is 19.1 Å². The largest absolute Gasteiger partial charge is 0.466 e. The van der Waals surface area contributed by atoms with E-state index in [1.807, 2.05) is 60.5 Å². The molecule has 0 saturated heterocycles. The monoisotopic (exact) mass is 396 g/mol. The Morgan fingerprint density at radius 1 is 0.967 bits per heavy atom. The summed E-state index contributed by atoms with van der Waals surface area (Å²) in [6, 6.07) is 21.8. The number of nitrogens with zero attached hydrogens (tertiary/aromatic N) is 4. The second kappa shape index (κ2) is 8.53. The molecule has 0 radical (unpaired) electrons. The minimum Gasteiger partial charge on any atom is -0.466 e. The number of anilines is 2. The minimum atomic E-state index is -0.462. The predicted molar refractivity (Wildman–Crippen MR) is 118 cm³/mol. The Labute approximate surface area is 174 Å². The van der Waals surface area contributed by atoms with Crippen molar-refractivity contribution in [3.8, 4) is 11.1 Å². The normalized spacial score (nSPS) is 11.0. The second-order valence-electron chi connectivity index (χ2n) is 6.57. The van der Waals surface area contributed by atoms with E-state index in [0.29, 0.717) is 11.6 Å². The van der Waals surface area contributed by atoms with E-state index in [1.54, 1.807) is 12.3 Å². The Morgan fingerprint density at radius 2 is 1.77 bits per heavy atom. The highest BCUT2D eigenvalue weighted by molar-refractivity contribution is 6.03. The third-order valence-electron chi connectivity index (χ3n) is 4.69. The van der Waals surface area contributed by atoms with Crippen molar-refractivity contribution < 1.29 is 9.53 Å². The first-order valence-corrected chi connectivity index (χ1v) is 9.44. The van der Waals surface area contributed by atoms with E-state index in [1.165, 1.54) is 13.2 Å². The predicted octanol–water partition coefficient (Wildman–Crippen LogP) is 4.65. The molecule has 6 nitrogen and oxygen atoms in total. The number of rotatable bonds is 5. The molecule has 0 unspecified atom stereocenters. The first kappa shape index (κ1) is 19.3. The van der Waals surface area contributed by atoms with Crippen molar-refractivity contribution in [3.63, 3.8) is 0 Å². The molecule has 2 heterocycles. The molecule has 2 aromatic heterocycles. The van der Waals surface area contributed by atoms with Crippen LogP contribution in [0.4, 0.5) is 11.6 Å². The van der Waals surface area contributed by atoms with Crippen LogP contribution >= 0.6 is 0 Å². The summed E-state index contributed by atoms with van der Waals surface area (Å²) in [5, 5.41) is 0.909. The van der Waals surface area contributed by atoms with Gasteiger partial charge in [-0.25, -0.2) is 19.7 Å². The van der Waals surface area contributed by atoms with Crippen LogP contribution < -0.4 is 4.90 Å². The summed E-state index contributed by atoms with van der Waals surface area (Å²) in [5.74, 6) is 1.40. The van der Waals surface area contributed by atoms with Gasteiger partial charge in [-0.2, -0.15) is 0 Å². The van der Waals surface area contributed by atoms with Gasteiger partial charge in [-0.3, -0.25) is 0 Å². The van der Waals surface area contributed by atoms with Crippen molar-refractivity contribution in [3.05, 3.63) is 84.8 Å². The summed E-state index contributed by atoms with van der Waals surface area (Å²) in [7, 11) is 3.25. The molecular weight excluding hydrogens is 376 g/mol. The number of pyridine rings is 1. The van der Waals surface area contributed by atoms with Gasteiger partial charge in [0, 0.05) is 19.3 Å². The second-order valence-corrected chi connectivity index (χ2v) is 6.57. The first-order valence-electron chi connectivity index (χ1n) is 9.44. The zero-order chi connectivity index (χ0) is 20.9. The molecule has 0 saturated carbocycles. The molecule has 30 heavy (non-hydrogen) atoms. The number of ether oxygens (including phenoxy) is 1. The van der Waals surface area contributed by atoms with Crippen molar-refractivity contribution in [1.29, 1.82) is 0 Å². The Bertz CT molecular complexity index is 1210. The lowest BCUT2D eigenvalue weighted by molar-refractivity contribution is -0.134. The average molecular weight is 396 g/mol. The maximum Gasteiger partial charge on any atom is 0.330 e. The van der Waals surface area contributed by atoms with Gasteiger partial charge in [0.25, 0.3) is 0 Å². The van der Waals surface area contributed by atoms with Crippen molar-refractivity contribution in [1.82, 2.24) is 15.0 Å². The molecule has 148 valence electrons. The summed E-state index contributed by atoms with van der Waals surface area (Å²) >= 11 is 0. The minimum absolute atomic E-state index is 0.413. The van der Waals surface area contributed by atoms with Crippen molar-refractivity contribution in [2.24, 2.45) is 0 Å². The van der Waals surface area contributed by atoms with Gasteiger partial charge in [-0.05, 0) is 35.4 Å². The summed E-state index contributed by atoms with van der Waals surface area (Å²) in [5.41, 5.74) is 2.86. The van der Waals surface area contributed by atoms with Crippen LogP contribution in [0.3, 0.4) is 0 Å². The van der Waals surface area contributed by atoms with E-state index in [-0.39, 0.29) is 0 Å². The fraction of sp³-hybridized carbons (Fsp3) is 0.0833. The van der Waals surface area contributed by atoms with E-state index < -0.39 is 5.97 Å². The summed E-state index contributed by atoms with van der Waals surface area (Å²) in [6.07, 6.45) is 4.61. The Morgan fingerprint density at radius 3 is 2.50 bits per heavy atom. The quantitative estimate of drug-likeness (QED) is 0.361. The lowest BCUT2D eigenvalue weighted by Gasteiger charge is -2.21. The zero-order valence-electron chi connectivity index (χ0n) is 16.7. The molecule has 6 heteroatoms. The maximum absolute atomic E-state index is 11.5. The van der Waals surface area contributed by atoms with Gasteiger partial charge in [0.2, 0.25) is 0 Å². The fourth-order valence-corrected chi connectivity index (χ4v) is 3.23. The lowest BCUT2D eigenvalue weighted by atomic mass is 10.0. The highest BCUT2D eigenvalue weighted by Crippen LogP contribution is 2.35. The van der Waals surface area contributed by atoms with Crippen molar-refractivity contribution >= 4 is 34.6 Å². The molecule has 0 aliphatic carbocycles. The van der Waals surface area contributed by atoms with Gasteiger partial charge in [-0.1, -0.05) is 48.5 Å². The third-order valence-corrected chi connectivity index (χ3v) is 4.69. The Hall–Kier alpha value is -4.06. The van der Waals surface area contributed by atoms with Crippen LogP contribution in [-0.2, 0) is 9.53 Å². The number of benzene rings is 2. The van der Waals surface area contributed by atoms with Crippen LogP contribution in [-0.4, -0.2) is 35.1 Å². The maximum atomic E-state index is 11.5. The molecule has 0 atom stereocenters. The zero-order valence-corrected chi connectivity index (χ0v) is 16.7. The smallest absolute Gasteiger partial charge is 0.330 e. The molecule has 0 N–H and O–H groups in total. The van der Waals surface area contributed by atoms with E-state index in [0.717, 1.165) is 27.8 Å². The summed E-state index contributed by atoms with van der Waals surface area (Å²) in [4.78, 5) is 27.3. The van der Waals surface area contributed by atoms with E-state index in [4.69, 9.17) is 4.98 Å². The molecule has 0 spiro atoms. The molecule has 0 amide bonds. The number of fused-ring (bicyclic) bond motifs is 1. The highest BCUT2D eigenvalue weighted by atomic mass is 16.5. The topological polar surface area (TPSA) is 68.2 Å². The van der Waals surface area contributed by atoms with E-state index in [9.17, 15) is 4.79 Å². The standard InChI is InChI=1S/C24H20N4O2/c1-28(21-13-6-7-16-25-21)24-23-18(17-9-4-3-5-10-17)11-8-12-19(23)26-20(27-24)14-15-22(29)30-2/h3-16H,1-2H3/b15-14+. The number of carbonyl (C=O) groups is 1. The van der Waals surface area contributed by atoms with Gasteiger partial charge < -0.3 is 9.64 Å². The van der Waals surface area contributed by atoms with E-state index >= 15 is 0 Å². The van der Waals surface area contributed by atoms with Crippen LogP contribution in [0.5, 0.6) is 0 Å². The van der Waals surface area contributed by atoms with Gasteiger partial charge in [0.05, 0.1) is 18.0 Å². The molecule has 0 aliphatic heterocycles. The van der Waals surface area contributed by atoms with Crippen molar-refractivity contribution in [2.45, 2.75) is 0 Å². The molecule has 4 rings (SSSR count). The number of methoxy groups -OCH3 is 1. The lowest BCUT2D eigenvalue weighted by Crippen LogP contribution is -2.14. The van der Waals surface area contributed by atoms with Crippen LogP contribution in [0.25, 0.3) is 28.1 Å². The number of hydrogen-bond acceptors (Lipinski definition) is 6. The SMILES string of the molecule is COC(=O)/C=C/c1nc(N(C)c2ccccn2)c2c(-c3ccccc3)cccc2n1. The number of aromatic nitrogens is 3. The summed E-state index contributed by atoms with van der Waals surface area (Å²) in [6.45, 7) is 0. The van der Waals surface area contributed by atoms with Gasteiger partial charge in [0.15, 0.2) is 5.82 Å². The summed E-state index contributed by atoms with van der Waals surface area (Å²) < 4.78 is 4.68. The third kappa shape index (κ3) is 3.89. The van der Waals surface area contributed by atoms with Crippen LogP contribution in [0.15, 0.2) is 79.0 Å². The number of esters is 1. The van der Waals surface area contributed by atoms with Crippen LogP contribution in [0.1, 0.15) is 5.82 Å².